The van der Waals surface area contributed by atoms with Crippen LogP contribution in [0.1, 0.15) is 23.4 Å². The van der Waals surface area contributed by atoms with E-state index in [2.05, 4.69) is 14.9 Å². The molecular formula is C17H23N3O2. The Morgan fingerprint density at radius 2 is 2.18 bits per heavy atom. The molecule has 1 aromatic heterocycles. The van der Waals surface area contributed by atoms with Crippen molar-refractivity contribution in [3.8, 4) is 5.75 Å². The first-order chi connectivity index (χ1) is 10.6. The molecule has 5 nitrogen and oxygen atoms in total. The largest absolute Gasteiger partial charge is 0.490 e. The Balaban J connectivity index is 1.56. The maximum atomic E-state index is 10.7. The molecule has 0 saturated carbocycles. The molecule has 1 aliphatic heterocycles. The van der Waals surface area contributed by atoms with Gasteiger partial charge in [-0.25, -0.2) is 4.98 Å². The number of aromatic nitrogens is 2. The van der Waals surface area contributed by atoms with Crippen LogP contribution in [0.25, 0.3) is 0 Å². The van der Waals surface area contributed by atoms with E-state index < -0.39 is 5.60 Å². The molecule has 0 amide bonds. The van der Waals surface area contributed by atoms with Crippen LogP contribution in [-0.2, 0) is 6.54 Å². The highest BCUT2D eigenvalue weighted by Gasteiger charge is 2.37. The molecule has 0 bridgehead atoms. The summed E-state index contributed by atoms with van der Waals surface area (Å²) in [5, 5.41) is 10.7. The molecule has 1 saturated heterocycles. The average Bonchev–Trinajstić information content (AvgIpc) is 3.06. The van der Waals surface area contributed by atoms with E-state index in [0.29, 0.717) is 13.2 Å². The van der Waals surface area contributed by atoms with Crippen LogP contribution < -0.4 is 4.74 Å². The van der Waals surface area contributed by atoms with Crippen molar-refractivity contribution in [3.63, 3.8) is 0 Å². The van der Waals surface area contributed by atoms with Crippen molar-refractivity contribution in [3.05, 3.63) is 47.5 Å². The van der Waals surface area contributed by atoms with Crippen LogP contribution >= 0.6 is 0 Å². The molecule has 0 aliphatic carbocycles. The standard InChI is InChI=1S/C17H23N3O2/c1-13-5-3-4-6-16(13)22-11-17(21)7-8-20(10-17)9-15-14(2)18-12-19-15/h3-6,12,21H,7-11H2,1-2H3,(H,18,19). The number of hydrogen-bond acceptors (Lipinski definition) is 4. The molecule has 1 aliphatic rings. The van der Waals surface area contributed by atoms with Gasteiger partial charge in [0.25, 0.3) is 0 Å². The second-order valence-corrected chi connectivity index (χ2v) is 6.21. The van der Waals surface area contributed by atoms with Gasteiger partial charge in [-0.2, -0.15) is 0 Å². The molecule has 0 spiro atoms. The molecular weight excluding hydrogens is 278 g/mol. The molecule has 2 heterocycles. The fourth-order valence-electron chi connectivity index (χ4n) is 2.88. The zero-order chi connectivity index (χ0) is 15.6. The van der Waals surface area contributed by atoms with Crippen molar-refractivity contribution in [1.82, 2.24) is 14.9 Å². The number of H-pyrrole nitrogens is 1. The molecule has 0 radical (unpaired) electrons. The first-order valence-electron chi connectivity index (χ1n) is 7.68. The highest BCUT2D eigenvalue weighted by Crippen LogP contribution is 2.25. The molecule has 1 atom stereocenters. The molecule has 1 fully saturated rings. The fourth-order valence-corrected chi connectivity index (χ4v) is 2.88. The number of nitrogens with zero attached hydrogens (tertiary/aromatic N) is 2. The summed E-state index contributed by atoms with van der Waals surface area (Å²) in [6.07, 6.45) is 2.44. The van der Waals surface area contributed by atoms with E-state index in [1.165, 1.54) is 0 Å². The maximum Gasteiger partial charge on any atom is 0.122 e. The Morgan fingerprint density at radius 3 is 2.91 bits per heavy atom. The summed E-state index contributed by atoms with van der Waals surface area (Å²) in [6.45, 7) is 6.60. The predicted molar refractivity (Wildman–Crippen MR) is 84.8 cm³/mol. The maximum absolute atomic E-state index is 10.7. The number of imidazole rings is 1. The number of aliphatic hydroxyl groups is 1. The minimum absolute atomic E-state index is 0.327. The number of rotatable bonds is 5. The van der Waals surface area contributed by atoms with Crippen molar-refractivity contribution in [2.24, 2.45) is 0 Å². The summed E-state index contributed by atoms with van der Waals surface area (Å²) in [6, 6.07) is 7.90. The Morgan fingerprint density at radius 1 is 1.36 bits per heavy atom. The third kappa shape index (κ3) is 3.31. The van der Waals surface area contributed by atoms with E-state index in [1.54, 1.807) is 6.33 Å². The van der Waals surface area contributed by atoms with Gasteiger partial charge in [0.2, 0.25) is 0 Å². The van der Waals surface area contributed by atoms with Crippen molar-refractivity contribution in [2.75, 3.05) is 19.7 Å². The monoisotopic (exact) mass is 301 g/mol. The topological polar surface area (TPSA) is 61.4 Å². The molecule has 1 unspecified atom stereocenters. The van der Waals surface area contributed by atoms with Crippen LogP contribution in [0.4, 0.5) is 0 Å². The zero-order valence-electron chi connectivity index (χ0n) is 13.2. The highest BCUT2D eigenvalue weighted by atomic mass is 16.5. The third-order valence-corrected chi connectivity index (χ3v) is 4.31. The summed E-state index contributed by atoms with van der Waals surface area (Å²) in [5.41, 5.74) is 2.44. The first kappa shape index (κ1) is 15.1. The Hall–Kier alpha value is -1.85. The van der Waals surface area contributed by atoms with Crippen molar-refractivity contribution >= 4 is 0 Å². The van der Waals surface area contributed by atoms with Gasteiger partial charge in [0.05, 0.1) is 12.0 Å². The zero-order valence-corrected chi connectivity index (χ0v) is 13.2. The number of likely N-dealkylation sites (tertiary alicyclic amines) is 1. The molecule has 2 N–H and O–H groups in total. The Labute approximate surface area is 130 Å². The van der Waals surface area contributed by atoms with E-state index in [1.807, 2.05) is 38.1 Å². The molecule has 3 rings (SSSR count). The number of para-hydroxylation sites is 1. The number of hydrogen-bond donors (Lipinski definition) is 2. The van der Waals surface area contributed by atoms with Gasteiger partial charge in [-0.3, -0.25) is 4.90 Å². The molecule has 118 valence electrons. The number of β-amino-alcohol motifs (C(OH)–C–C–N with tert-alkyl or cyclic N) is 1. The first-order valence-corrected chi connectivity index (χ1v) is 7.68. The quantitative estimate of drug-likeness (QED) is 0.887. The van der Waals surface area contributed by atoms with Gasteiger partial charge in [-0.05, 0) is 31.9 Å². The van der Waals surface area contributed by atoms with Crippen LogP contribution in [0.2, 0.25) is 0 Å². The van der Waals surface area contributed by atoms with Gasteiger partial charge >= 0.3 is 0 Å². The van der Waals surface area contributed by atoms with Crippen LogP contribution in [0.15, 0.2) is 30.6 Å². The van der Waals surface area contributed by atoms with Crippen molar-refractivity contribution in [1.29, 1.82) is 0 Å². The van der Waals surface area contributed by atoms with Gasteiger partial charge in [-0.1, -0.05) is 18.2 Å². The summed E-state index contributed by atoms with van der Waals surface area (Å²) >= 11 is 0. The highest BCUT2D eigenvalue weighted by molar-refractivity contribution is 5.31. The van der Waals surface area contributed by atoms with Crippen LogP contribution in [-0.4, -0.2) is 45.3 Å². The van der Waals surface area contributed by atoms with Gasteiger partial charge in [0, 0.05) is 25.3 Å². The van der Waals surface area contributed by atoms with E-state index in [4.69, 9.17) is 4.74 Å². The smallest absolute Gasteiger partial charge is 0.122 e. The second kappa shape index (κ2) is 6.10. The third-order valence-electron chi connectivity index (χ3n) is 4.31. The van der Waals surface area contributed by atoms with E-state index >= 15 is 0 Å². The number of aryl methyl sites for hydroxylation is 2. The molecule has 2 aromatic rings. The van der Waals surface area contributed by atoms with Crippen molar-refractivity contribution < 1.29 is 9.84 Å². The molecule has 5 heteroatoms. The summed E-state index contributed by atoms with van der Waals surface area (Å²) in [7, 11) is 0. The lowest BCUT2D eigenvalue weighted by Crippen LogP contribution is -2.39. The Kier molecular flexibility index (Phi) is 4.18. The summed E-state index contributed by atoms with van der Waals surface area (Å²) < 4.78 is 5.83. The predicted octanol–water partition coefficient (Wildman–Crippen LogP) is 2.04. The van der Waals surface area contributed by atoms with Gasteiger partial charge in [0.15, 0.2) is 0 Å². The molecule has 1 aromatic carbocycles. The van der Waals surface area contributed by atoms with Gasteiger partial charge in [-0.15, -0.1) is 0 Å². The SMILES string of the molecule is Cc1ccccc1OCC1(O)CCN(Cc2nc[nH]c2C)C1. The number of aromatic amines is 1. The lowest BCUT2D eigenvalue weighted by atomic mass is 10.1. The van der Waals surface area contributed by atoms with E-state index in [0.717, 1.165) is 42.2 Å². The van der Waals surface area contributed by atoms with E-state index in [-0.39, 0.29) is 0 Å². The normalized spacial score (nSPS) is 22.1. The summed E-state index contributed by atoms with van der Waals surface area (Å²) in [5.74, 6) is 0.845. The minimum Gasteiger partial charge on any atom is -0.490 e. The second-order valence-electron chi connectivity index (χ2n) is 6.21. The number of benzene rings is 1. The lowest BCUT2D eigenvalue weighted by molar-refractivity contribution is 0.00311. The number of ether oxygens (including phenoxy) is 1. The van der Waals surface area contributed by atoms with Crippen molar-refractivity contribution in [2.45, 2.75) is 32.4 Å². The van der Waals surface area contributed by atoms with E-state index in [9.17, 15) is 5.11 Å². The fraction of sp³-hybridized carbons (Fsp3) is 0.471. The van der Waals surface area contributed by atoms with Gasteiger partial charge < -0.3 is 14.8 Å². The Bertz CT molecular complexity index is 640. The minimum atomic E-state index is -0.785. The number of nitrogens with one attached hydrogen (secondary N) is 1. The summed E-state index contributed by atoms with van der Waals surface area (Å²) in [4.78, 5) is 9.64. The van der Waals surface area contributed by atoms with Crippen LogP contribution in [0.5, 0.6) is 5.75 Å². The van der Waals surface area contributed by atoms with Gasteiger partial charge in [0.1, 0.15) is 18.0 Å². The average molecular weight is 301 g/mol. The lowest BCUT2D eigenvalue weighted by Gasteiger charge is -2.24. The van der Waals surface area contributed by atoms with Crippen LogP contribution in [0.3, 0.4) is 0 Å². The van der Waals surface area contributed by atoms with Crippen LogP contribution in [0, 0.1) is 13.8 Å². The molecule has 22 heavy (non-hydrogen) atoms.